The summed E-state index contributed by atoms with van der Waals surface area (Å²) < 4.78 is 5.08. The molecule has 4 nitrogen and oxygen atoms in total. The molecular weight excluding hydrogens is 230 g/mol. The van der Waals surface area contributed by atoms with Gasteiger partial charge in [0, 0.05) is 25.8 Å². The normalized spacial score (nSPS) is 15.4. The van der Waals surface area contributed by atoms with Crippen molar-refractivity contribution in [1.82, 2.24) is 4.90 Å². The molecule has 0 fully saturated rings. The third-order valence-corrected chi connectivity index (χ3v) is 3.03. The van der Waals surface area contributed by atoms with E-state index in [0.29, 0.717) is 18.7 Å². The fourth-order valence-electron chi connectivity index (χ4n) is 2.00. The van der Waals surface area contributed by atoms with Crippen molar-refractivity contribution in [2.24, 2.45) is 0 Å². The molecule has 1 aromatic rings. The summed E-state index contributed by atoms with van der Waals surface area (Å²) in [4.78, 5) is 14.0. The first kappa shape index (κ1) is 12.6. The minimum atomic E-state index is 0.00252. The summed E-state index contributed by atoms with van der Waals surface area (Å²) in [5, 5.41) is 9.19. The van der Waals surface area contributed by atoms with Crippen molar-refractivity contribution in [3.05, 3.63) is 41.5 Å². The van der Waals surface area contributed by atoms with Crippen LogP contribution in [0, 0.1) is 0 Å². The van der Waals surface area contributed by atoms with E-state index in [0.717, 1.165) is 13.0 Å². The van der Waals surface area contributed by atoms with Gasteiger partial charge in [0.05, 0.1) is 6.61 Å². The number of hydrogen-bond acceptors (Lipinski definition) is 3. The molecule has 1 aromatic carbocycles. The van der Waals surface area contributed by atoms with Crippen LogP contribution in [0.3, 0.4) is 0 Å². The Balaban J connectivity index is 2.01. The summed E-state index contributed by atoms with van der Waals surface area (Å²) in [7, 11) is 1.68. The topological polar surface area (TPSA) is 49.8 Å². The zero-order valence-electron chi connectivity index (χ0n) is 10.4. The number of carbonyl (C=O) groups excluding carboxylic acids is 1. The first-order valence-electron chi connectivity index (χ1n) is 5.96. The van der Waals surface area contributed by atoms with E-state index >= 15 is 0 Å². The number of ether oxygens (including phenoxy) is 1. The SMILES string of the molecule is COCC1=CCN(C(=O)c2ccc(O)cc2)CC1. The molecule has 0 saturated heterocycles. The van der Waals surface area contributed by atoms with E-state index in [1.54, 1.807) is 24.1 Å². The lowest BCUT2D eigenvalue weighted by molar-refractivity contribution is 0.0765. The van der Waals surface area contributed by atoms with E-state index in [-0.39, 0.29) is 11.7 Å². The van der Waals surface area contributed by atoms with Crippen molar-refractivity contribution in [3.8, 4) is 5.75 Å². The molecule has 1 amide bonds. The first-order chi connectivity index (χ1) is 8.70. The van der Waals surface area contributed by atoms with Crippen molar-refractivity contribution in [3.63, 3.8) is 0 Å². The zero-order chi connectivity index (χ0) is 13.0. The average Bonchev–Trinajstić information content (AvgIpc) is 2.40. The standard InChI is InChI=1S/C14H17NO3/c1-18-10-11-6-8-15(9-7-11)14(17)12-2-4-13(16)5-3-12/h2-6,16H,7-10H2,1H3. The van der Waals surface area contributed by atoms with Gasteiger partial charge in [-0.3, -0.25) is 4.79 Å². The van der Waals surface area contributed by atoms with E-state index in [1.165, 1.54) is 17.7 Å². The van der Waals surface area contributed by atoms with Crippen LogP contribution in [0.1, 0.15) is 16.8 Å². The Bertz CT molecular complexity index is 451. The summed E-state index contributed by atoms with van der Waals surface area (Å²) in [5.74, 6) is 0.176. The van der Waals surface area contributed by atoms with E-state index in [2.05, 4.69) is 0 Å². The Morgan fingerprint density at radius 3 is 2.67 bits per heavy atom. The fraction of sp³-hybridized carbons (Fsp3) is 0.357. The van der Waals surface area contributed by atoms with Crippen LogP contribution in [0.4, 0.5) is 0 Å². The van der Waals surface area contributed by atoms with Crippen LogP contribution in [0.25, 0.3) is 0 Å². The van der Waals surface area contributed by atoms with E-state index in [9.17, 15) is 9.90 Å². The number of aromatic hydroxyl groups is 1. The number of phenols is 1. The van der Waals surface area contributed by atoms with Crippen LogP contribution >= 0.6 is 0 Å². The van der Waals surface area contributed by atoms with Crippen LogP contribution in [-0.4, -0.2) is 42.7 Å². The van der Waals surface area contributed by atoms with Gasteiger partial charge >= 0.3 is 0 Å². The summed E-state index contributed by atoms with van der Waals surface area (Å²) in [5.41, 5.74) is 1.85. The third-order valence-electron chi connectivity index (χ3n) is 3.03. The highest BCUT2D eigenvalue weighted by Gasteiger charge is 2.18. The van der Waals surface area contributed by atoms with E-state index in [1.807, 2.05) is 6.08 Å². The number of rotatable bonds is 3. The molecule has 96 valence electrons. The predicted molar refractivity (Wildman–Crippen MR) is 68.6 cm³/mol. The third kappa shape index (κ3) is 2.90. The molecule has 0 bridgehead atoms. The molecular formula is C14H17NO3. The van der Waals surface area contributed by atoms with Gasteiger partial charge < -0.3 is 14.7 Å². The van der Waals surface area contributed by atoms with Gasteiger partial charge in [0.25, 0.3) is 5.91 Å². The van der Waals surface area contributed by atoms with Crippen LogP contribution in [-0.2, 0) is 4.74 Å². The Morgan fingerprint density at radius 2 is 2.11 bits per heavy atom. The molecule has 1 N–H and O–H groups in total. The van der Waals surface area contributed by atoms with Gasteiger partial charge in [-0.05, 0) is 36.3 Å². The number of hydrogen-bond donors (Lipinski definition) is 1. The van der Waals surface area contributed by atoms with Crippen LogP contribution in [0.15, 0.2) is 35.9 Å². The van der Waals surface area contributed by atoms with Gasteiger partial charge in [0.15, 0.2) is 0 Å². The maximum Gasteiger partial charge on any atom is 0.254 e. The average molecular weight is 247 g/mol. The van der Waals surface area contributed by atoms with Crippen LogP contribution in [0.5, 0.6) is 5.75 Å². The molecule has 0 unspecified atom stereocenters. The minimum Gasteiger partial charge on any atom is -0.508 e. The van der Waals surface area contributed by atoms with Crippen molar-refractivity contribution in [2.75, 3.05) is 26.8 Å². The quantitative estimate of drug-likeness (QED) is 0.829. The molecule has 0 spiro atoms. The second kappa shape index (κ2) is 5.69. The van der Waals surface area contributed by atoms with Crippen molar-refractivity contribution in [1.29, 1.82) is 0 Å². The number of nitrogens with zero attached hydrogens (tertiary/aromatic N) is 1. The van der Waals surface area contributed by atoms with Gasteiger partial charge in [-0.15, -0.1) is 0 Å². The van der Waals surface area contributed by atoms with Crippen molar-refractivity contribution in [2.45, 2.75) is 6.42 Å². The predicted octanol–water partition coefficient (Wildman–Crippen LogP) is 1.81. The highest BCUT2D eigenvalue weighted by atomic mass is 16.5. The minimum absolute atomic E-state index is 0.00252. The molecule has 2 rings (SSSR count). The number of carbonyl (C=O) groups is 1. The fourth-order valence-corrected chi connectivity index (χ4v) is 2.00. The lowest BCUT2D eigenvalue weighted by Gasteiger charge is -2.26. The molecule has 0 aromatic heterocycles. The number of benzene rings is 1. The summed E-state index contributed by atoms with van der Waals surface area (Å²) >= 11 is 0. The van der Waals surface area contributed by atoms with Gasteiger partial charge in [0.1, 0.15) is 5.75 Å². The second-order valence-electron chi connectivity index (χ2n) is 4.34. The Morgan fingerprint density at radius 1 is 1.39 bits per heavy atom. The number of phenolic OH excluding ortho intramolecular Hbond substituents is 1. The molecule has 4 heteroatoms. The summed E-state index contributed by atoms with van der Waals surface area (Å²) in [6, 6.07) is 6.35. The molecule has 0 atom stereocenters. The molecule has 0 saturated carbocycles. The molecule has 18 heavy (non-hydrogen) atoms. The maximum atomic E-state index is 12.2. The smallest absolute Gasteiger partial charge is 0.254 e. The van der Waals surface area contributed by atoms with Gasteiger partial charge in [-0.1, -0.05) is 6.08 Å². The van der Waals surface area contributed by atoms with Crippen molar-refractivity contribution >= 4 is 5.91 Å². The molecule has 1 aliphatic rings. The molecule has 0 radical (unpaired) electrons. The van der Waals surface area contributed by atoms with Gasteiger partial charge in [0.2, 0.25) is 0 Å². The summed E-state index contributed by atoms with van der Waals surface area (Å²) in [6.07, 6.45) is 2.91. The lowest BCUT2D eigenvalue weighted by atomic mass is 10.1. The number of methoxy groups -OCH3 is 1. The van der Waals surface area contributed by atoms with Crippen LogP contribution < -0.4 is 0 Å². The maximum absolute atomic E-state index is 12.2. The van der Waals surface area contributed by atoms with Gasteiger partial charge in [-0.25, -0.2) is 0 Å². The Hall–Kier alpha value is -1.81. The summed E-state index contributed by atoms with van der Waals surface area (Å²) in [6.45, 7) is 1.98. The first-order valence-corrected chi connectivity index (χ1v) is 5.96. The zero-order valence-corrected chi connectivity index (χ0v) is 10.4. The lowest BCUT2D eigenvalue weighted by Crippen LogP contribution is -2.35. The Labute approximate surface area is 106 Å². The highest BCUT2D eigenvalue weighted by Crippen LogP contribution is 2.16. The number of amides is 1. The largest absolute Gasteiger partial charge is 0.508 e. The van der Waals surface area contributed by atoms with Gasteiger partial charge in [-0.2, -0.15) is 0 Å². The Kier molecular flexibility index (Phi) is 3.99. The molecule has 0 aliphatic carbocycles. The monoisotopic (exact) mass is 247 g/mol. The molecule has 1 aliphatic heterocycles. The second-order valence-corrected chi connectivity index (χ2v) is 4.34. The van der Waals surface area contributed by atoms with Crippen LogP contribution in [0.2, 0.25) is 0 Å². The van der Waals surface area contributed by atoms with E-state index < -0.39 is 0 Å². The highest BCUT2D eigenvalue weighted by molar-refractivity contribution is 5.94. The van der Waals surface area contributed by atoms with E-state index in [4.69, 9.17) is 4.74 Å². The molecule has 1 heterocycles. The van der Waals surface area contributed by atoms with Crippen molar-refractivity contribution < 1.29 is 14.6 Å².